The maximum Gasteiger partial charge on any atom is 0.110 e. The normalized spacial score (nSPS) is 18.9. The van der Waals surface area contributed by atoms with Crippen LogP contribution in [0.1, 0.15) is 48.3 Å². The molecule has 0 radical (unpaired) electrons. The van der Waals surface area contributed by atoms with Gasteiger partial charge in [0.15, 0.2) is 0 Å². The number of methoxy groups -OCH3 is 1. The lowest BCUT2D eigenvalue weighted by atomic mass is 10.0. The van der Waals surface area contributed by atoms with Crippen molar-refractivity contribution in [3.63, 3.8) is 0 Å². The molecule has 102 valence electrons. The van der Waals surface area contributed by atoms with Crippen molar-refractivity contribution in [1.82, 2.24) is 10.3 Å². The Morgan fingerprint density at radius 2 is 2.22 bits per heavy atom. The first-order valence-corrected chi connectivity index (χ1v) is 7.68. The number of aromatic nitrogens is 1. The van der Waals surface area contributed by atoms with Gasteiger partial charge in [-0.05, 0) is 26.2 Å². The summed E-state index contributed by atoms with van der Waals surface area (Å²) in [7, 11) is 1.77. The summed E-state index contributed by atoms with van der Waals surface area (Å²) in [5.74, 6) is 0.464. The van der Waals surface area contributed by atoms with Crippen LogP contribution in [0.4, 0.5) is 0 Å². The highest BCUT2D eigenvalue weighted by Crippen LogP contribution is 2.32. The van der Waals surface area contributed by atoms with Crippen LogP contribution in [0.25, 0.3) is 0 Å². The van der Waals surface area contributed by atoms with E-state index in [4.69, 9.17) is 9.72 Å². The molecule has 0 aromatic carbocycles. The summed E-state index contributed by atoms with van der Waals surface area (Å²) in [5, 5.41) is 4.96. The molecule has 2 unspecified atom stereocenters. The van der Waals surface area contributed by atoms with Crippen LogP contribution in [0.5, 0.6) is 0 Å². The van der Waals surface area contributed by atoms with E-state index in [2.05, 4.69) is 26.1 Å². The number of hydrogen-bond acceptors (Lipinski definition) is 4. The number of ether oxygens (including phenoxy) is 1. The van der Waals surface area contributed by atoms with Crippen LogP contribution in [0, 0.1) is 12.8 Å². The Labute approximate surface area is 114 Å². The molecule has 0 amide bonds. The molecule has 0 bridgehead atoms. The molecule has 0 aliphatic heterocycles. The number of aryl methyl sites for hydroxylation is 2. The molecule has 3 nitrogen and oxygen atoms in total. The molecule has 2 atom stereocenters. The zero-order valence-corrected chi connectivity index (χ0v) is 12.6. The van der Waals surface area contributed by atoms with E-state index in [1.54, 1.807) is 7.11 Å². The molecular formula is C14H24N2OS. The number of thiazole rings is 1. The Morgan fingerprint density at radius 3 is 2.72 bits per heavy atom. The van der Waals surface area contributed by atoms with Gasteiger partial charge in [-0.2, -0.15) is 0 Å². The average Bonchev–Trinajstić information content (AvgIpc) is 3.09. The van der Waals surface area contributed by atoms with Gasteiger partial charge in [0.2, 0.25) is 0 Å². The van der Waals surface area contributed by atoms with Crippen LogP contribution in [-0.2, 0) is 11.2 Å². The summed E-state index contributed by atoms with van der Waals surface area (Å²) in [6, 6.07) is 1.05. The molecule has 1 heterocycles. The molecular weight excluding hydrogens is 244 g/mol. The first-order valence-electron chi connectivity index (χ1n) is 6.86. The molecule has 1 N–H and O–H groups in total. The molecule has 1 fully saturated rings. The fourth-order valence-corrected chi connectivity index (χ4v) is 3.46. The van der Waals surface area contributed by atoms with E-state index < -0.39 is 0 Å². The monoisotopic (exact) mass is 268 g/mol. The summed E-state index contributed by atoms with van der Waals surface area (Å²) in [4.78, 5) is 6.17. The predicted octanol–water partition coefficient (Wildman–Crippen LogP) is 3.09. The Morgan fingerprint density at radius 1 is 1.50 bits per heavy atom. The third kappa shape index (κ3) is 3.31. The Balaban J connectivity index is 2.14. The lowest BCUT2D eigenvalue weighted by Crippen LogP contribution is -2.30. The van der Waals surface area contributed by atoms with Crippen LogP contribution in [0.2, 0.25) is 0 Å². The number of nitrogens with zero attached hydrogens (tertiary/aromatic N) is 1. The molecule has 1 saturated carbocycles. The third-order valence-electron chi connectivity index (χ3n) is 3.50. The molecule has 1 aromatic heterocycles. The molecule has 1 aromatic rings. The van der Waals surface area contributed by atoms with Crippen LogP contribution in [0.3, 0.4) is 0 Å². The van der Waals surface area contributed by atoms with Gasteiger partial charge < -0.3 is 10.1 Å². The van der Waals surface area contributed by atoms with Crippen LogP contribution < -0.4 is 5.32 Å². The topological polar surface area (TPSA) is 34.2 Å². The lowest BCUT2D eigenvalue weighted by Gasteiger charge is -2.22. The number of nitrogens with one attached hydrogen (secondary N) is 1. The van der Waals surface area contributed by atoms with E-state index in [-0.39, 0.29) is 0 Å². The Hall–Kier alpha value is -0.450. The largest absolute Gasteiger partial charge is 0.384 e. The summed E-state index contributed by atoms with van der Waals surface area (Å²) in [6.45, 7) is 7.37. The van der Waals surface area contributed by atoms with E-state index in [0.29, 0.717) is 18.0 Å². The van der Waals surface area contributed by atoms with Gasteiger partial charge in [0.1, 0.15) is 5.01 Å². The zero-order valence-electron chi connectivity index (χ0n) is 11.8. The number of hydrogen-bond donors (Lipinski definition) is 1. The zero-order chi connectivity index (χ0) is 13.1. The molecule has 18 heavy (non-hydrogen) atoms. The number of rotatable bonds is 7. The third-order valence-corrected chi connectivity index (χ3v) is 4.60. The first kappa shape index (κ1) is 14.0. The van der Waals surface area contributed by atoms with Crippen molar-refractivity contribution in [1.29, 1.82) is 0 Å². The van der Waals surface area contributed by atoms with Gasteiger partial charge in [-0.15, -0.1) is 11.3 Å². The van der Waals surface area contributed by atoms with E-state index >= 15 is 0 Å². The van der Waals surface area contributed by atoms with Crippen molar-refractivity contribution in [2.75, 3.05) is 13.7 Å². The van der Waals surface area contributed by atoms with E-state index in [9.17, 15) is 0 Å². The van der Waals surface area contributed by atoms with Gasteiger partial charge in [-0.1, -0.05) is 13.8 Å². The summed E-state index contributed by atoms with van der Waals surface area (Å²) >= 11 is 1.84. The highest BCUT2D eigenvalue weighted by molar-refractivity contribution is 7.11. The first-order chi connectivity index (χ1) is 8.65. The fraction of sp³-hybridized carbons (Fsp3) is 0.786. The molecule has 1 aliphatic rings. The quantitative estimate of drug-likeness (QED) is 0.825. The van der Waals surface area contributed by atoms with E-state index in [0.717, 1.165) is 13.0 Å². The van der Waals surface area contributed by atoms with Gasteiger partial charge in [0, 0.05) is 23.9 Å². The van der Waals surface area contributed by atoms with Crippen molar-refractivity contribution < 1.29 is 4.74 Å². The van der Waals surface area contributed by atoms with Gasteiger partial charge in [0.05, 0.1) is 18.3 Å². The van der Waals surface area contributed by atoms with Gasteiger partial charge in [-0.3, -0.25) is 0 Å². The van der Waals surface area contributed by atoms with Gasteiger partial charge >= 0.3 is 0 Å². The summed E-state index contributed by atoms with van der Waals surface area (Å²) < 4.78 is 5.31. The van der Waals surface area contributed by atoms with Crippen molar-refractivity contribution in [2.24, 2.45) is 5.92 Å². The Bertz CT molecular complexity index is 387. The molecule has 4 heteroatoms. The minimum absolute atomic E-state index is 0.349. The molecule has 1 aliphatic carbocycles. The highest BCUT2D eigenvalue weighted by atomic mass is 32.1. The smallest absolute Gasteiger partial charge is 0.110 e. The standard InChI is InChI=1S/C14H24N2OS/c1-5-12-10(3)18-14(16-12)13(9(2)8-17-4)15-11-6-7-11/h9,11,13,15H,5-8H2,1-4H3. The van der Waals surface area contributed by atoms with Crippen LogP contribution >= 0.6 is 11.3 Å². The van der Waals surface area contributed by atoms with Crippen molar-refractivity contribution in [2.45, 2.75) is 52.1 Å². The molecule has 0 spiro atoms. The van der Waals surface area contributed by atoms with Gasteiger partial charge in [0.25, 0.3) is 0 Å². The second-order valence-corrected chi connectivity index (χ2v) is 6.49. The Kier molecular flexibility index (Phi) is 4.76. The maximum atomic E-state index is 5.31. The van der Waals surface area contributed by atoms with Gasteiger partial charge in [-0.25, -0.2) is 4.98 Å². The highest BCUT2D eigenvalue weighted by Gasteiger charge is 2.30. The van der Waals surface area contributed by atoms with Crippen molar-refractivity contribution in [3.05, 3.63) is 15.6 Å². The summed E-state index contributed by atoms with van der Waals surface area (Å²) in [6.07, 6.45) is 3.64. The maximum absolute atomic E-state index is 5.31. The minimum Gasteiger partial charge on any atom is -0.384 e. The second kappa shape index (κ2) is 6.13. The van der Waals surface area contributed by atoms with Crippen molar-refractivity contribution in [3.8, 4) is 0 Å². The lowest BCUT2D eigenvalue weighted by molar-refractivity contribution is 0.138. The van der Waals surface area contributed by atoms with E-state index in [1.807, 2.05) is 11.3 Å². The predicted molar refractivity (Wildman–Crippen MR) is 76.2 cm³/mol. The van der Waals surface area contributed by atoms with Crippen molar-refractivity contribution >= 4 is 11.3 Å². The average molecular weight is 268 g/mol. The SMILES string of the molecule is CCc1nc(C(NC2CC2)C(C)COC)sc1C. The van der Waals surface area contributed by atoms with E-state index in [1.165, 1.54) is 28.4 Å². The van der Waals surface area contributed by atoms with Crippen LogP contribution in [0.15, 0.2) is 0 Å². The second-order valence-electron chi connectivity index (χ2n) is 5.26. The fourth-order valence-electron chi connectivity index (χ4n) is 2.25. The summed E-state index contributed by atoms with van der Waals surface area (Å²) in [5.41, 5.74) is 1.25. The molecule has 0 saturated heterocycles. The minimum atomic E-state index is 0.349. The van der Waals surface area contributed by atoms with Crippen LogP contribution in [-0.4, -0.2) is 24.7 Å². The molecule has 2 rings (SSSR count).